The molecule has 1 N–H and O–H groups in total. The maximum absolute atomic E-state index is 12.2. The van der Waals surface area contributed by atoms with Gasteiger partial charge in [0.2, 0.25) is 5.75 Å². The Hall–Kier alpha value is -2.19. The van der Waals surface area contributed by atoms with Crippen LogP contribution in [0, 0.1) is 0 Å². The van der Waals surface area contributed by atoms with E-state index in [2.05, 4.69) is 4.99 Å². The van der Waals surface area contributed by atoms with Gasteiger partial charge in [-0.3, -0.25) is 4.79 Å². The fourth-order valence-electron chi connectivity index (χ4n) is 2.44. The van der Waals surface area contributed by atoms with E-state index < -0.39 is 0 Å². The summed E-state index contributed by atoms with van der Waals surface area (Å²) in [7, 11) is 2.92. The van der Waals surface area contributed by atoms with Crippen LogP contribution in [0.1, 0.15) is 5.56 Å². The Balaban J connectivity index is 1.83. The average molecular weight is 350 g/mol. The van der Waals surface area contributed by atoms with Gasteiger partial charge in [-0.05, 0) is 35.5 Å². The normalized spacial score (nSPS) is 19.6. The van der Waals surface area contributed by atoms with Gasteiger partial charge in [-0.2, -0.15) is 4.99 Å². The third-order valence-corrected chi connectivity index (χ3v) is 4.74. The van der Waals surface area contributed by atoms with Crippen LogP contribution in [-0.2, 0) is 9.53 Å². The molecule has 7 nitrogen and oxygen atoms in total. The number of methoxy groups -OCH3 is 2. The SMILES string of the molecule is COc1cc(/C=C2\SC(N3CCOCC3)=NC2=O)cc(OC)c1O. The largest absolute Gasteiger partial charge is 0.502 e. The molecule has 8 heteroatoms. The Morgan fingerprint density at radius 3 is 2.46 bits per heavy atom. The zero-order valence-corrected chi connectivity index (χ0v) is 14.3. The van der Waals surface area contributed by atoms with E-state index in [0.29, 0.717) is 28.9 Å². The molecular weight excluding hydrogens is 332 g/mol. The lowest BCUT2D eigenvalue weighted by Crippen LogP contribution is -2.38. The molecule has 1 aromatic rings. The first-order chi connectivity index (χ1) is 11.6. The number of thioether (sulfide) groups is 1. The van der Waals surface area contributed by atoms with E-state index in [4.69, 9.17) is 14.2 Å². The van der Waals surface area contributed by atoms with Crippen molar-refractivity contribution in [3.05, 3.63) is 22.6 Å². The lowest BCUT2D eigenvalue weighted by Gasteiger charge is -2.27. The van der Waals surface area contributed by atoms with Gasteiger partial charge in [0.25, 0.3) is 5.91 Å². The maximum atomic E-state index is 12.2. The number of benzene rings is 1. The number of carbonyl (C=O) groups excluding carboxylic acids is 1. The molecule has 2 heterocycles. The second-order valence-electron chi connectivity index (χ2n) is 5.18. The molecule has 1 amide bonds. The van der Waals surface area contributed by atoms with Crippen LogP contribution in [0.25, 0.3) is 6.08 Å². The third-order valence-electron chi connectivity index (χ3n) is 3.69. The van der Waals surface area contributed by atoms with Gasteiger partial charge in [0.15, 0.2) is 16.7 Å². The molecule has 0 unspecified atom stereocenters. The van der Waals surface area contributed by atoms with Crippen molar-refractivity contribution in [1.82, 2.24) is 4.90 Å². The number of ether oxygens (including phenoxy) is 3. The number of hydrogen-bond donors (Lipinski definition) is 1. The van der Waals surface area contributed by atoms with Crippen LogP contribution >= 0.6 is 11.8 Å². The predicted molar refractivity (Wildman–Crippen MR) is 91.6 cm³/mol. The van der Waals surface area contributed by atoms with Gasteiger partial charge in [-0.25, -0.2) is 0 Å². The predicted octanol–water partition coefficient (Wildman–Crippen LogP) is 1.71. The van der Waals surface area contributed by atoms with Crippen molar-refractivity contribution in [3.8, 4) is 17.2 Å². The second-order valence-corrected chi connectivity index (χ2v) is 6.19. The molecule has 2 aliphatic rings. The van der Waals surface area contributed by atoms with E-state index in [1.54, 1.807) is 18.2 Å². The number of carbonyl (C=O) groups is 1. The highest BCUT2D eigenvalue weighted by molar-refractivity contribution is 8.18. The molecule has 0 bridgehead atoms. The molecule has 3 rings (SSSR count). The number of phenols is 1. The summed E-state index contributed by atoms with van der Waals surface area (Å²) in [5.41, 5.74) is 0.691. The van der Waals surface area contributed by atoms with Crippen molar-refractivity contribution in [1.29, 1.82) is 0 Å². The first-order valence-electron chi connectivity index (χ1n) is 7.42. The van der Waals surface area contributed by atoms with Crippen LogP contribution in [0.3, 0.4) is 0 Å². The minimum Gasteiger partial charge on any atom is -0.502 e. The molecule has 0 aliphatic carbocycles. The van der Waals surface area contributed by atoms with E-state index >= 15 is 0 Å². The van der Waals surface area contributed by atoms with Crippen LogP contribution in [0.5, 0.6) is 17.2 Å². The monoisotopic (exact) mass is 350 g/mol. The number of amides is 1. The quantitative estimate of drug-likeness (QED) is 0.831. The lowest BCUT2D eigenvalue weighted by atomic mass is 10.1. The molecule has 1 saturated heterocycles. The van der Waals surface area contributed by atoms with Crippen molar-refractivity contribution in [2.75, 3.05) is 40.5 Å². The molecule has 0 spiro atoms. The van der Waals surface area contributed by atoms with Gasteiger partial charge in [0, 0.05) is 13.1 Å². The van der Waals surface area contributed by atoms with Gasteiger partial charge in [-0.1, -0.05) is 0 Å². The highest BCUT2D eigenvalue weighted by Crippen LogP contribution is 2.39. The Labute approximate surface area is 143 Å². The first-order valence-corrected chi connectivity index (χ1v) is 8.24. The molecule has 0 saturated carbocycles. The van der Waals surface area contributed by atoms with E-state index in [0.717, 1.165) is 13.1 Å². The Kier molecular flexibility index (Phi) is 4.96. The number of amidine groups is 1. The number of phenolic OH excluding ortho intramolecular Hbond substituents is 1. The average Bonchev–Trinajstić information content (AvgIpc) is 2.97. The summed E-state index contributed by atoms with van der Waals surface area (Å²) in [5.74, 6) is 0.224. The van der Waals surface area contributed by atoms with Crippen molar-refractivity contribution in [2.45, 2.75) is 0 Å². The van der Waals surface area contributed by atoms with E-state index in [1.807, 2.05) is 4.90 Å². The maximum Gasteiger partial charge on any atom is 0.286 e. The zero-order chi connectivity index (χ0) is 17.1. The molecule has 24 heavy (non-hydrogen) atoms. The van der Waals surface area contributed by atoms with Crippen molar-refractivity contribution in [3.63, 3.8) is 0 Å². The fourth-order valence-corrected chi connectivity index (χ4v) is 3.40. The summed E-state index contributed by atoms with van der Waals surface area (Å²) in [5, 5.41) is 10.7. The molecule has 1 fully saturated rings. The van der Waals surface area contributed by atoms with Crippen LogP contribution in [0.2, 0.25) is 0 Å². The topological polar surface area (TPSA) is 80.6 Å². The minimum atomic E-state index is -0.271. The summed E-state index contributed by atoms with van der Waals surface area (Å²) in [6, 6.07) is 3.29. The van der Waals surface area contributed by atoms with E-state index in [1.165, 1.54) is 26.0 Å². The van der Waals surface area contributed by atoms with E-state index in [9.17, 15) is 9.90 Å². The number of aliphatic imine (C=N–C) groups is 1. The third kappa shape index (κ3) is 3.34. The summed E-state index contributed by atoms with van der Waals surface area (Å²) in [6.45, 7) is 2.73. The molecule has 0 aromatic heterocycles. The van der Waals surface area contributed by atoms with Gasteiger partial charge < -0.3 is 24.2 Å². The van der Waals surface area contributed by atoms with Crippen LogP contribution in [0.4, 0.5) is 0 Å². The van der Waals surface area contributed by atoms with E-state index in [-0.39, 0.29) is 23.2 Å². The van der Waals surface area contributed by atoms with Gasteiger partial charge in [0.1, 0.15) is 0 Å². The van der Waals surface area contributed by atoms with Crippen molar-refractivity contribution < 1.29 is 24.1 Å². The summed E-state index contributed by atoms with van der Waals surface area (Å²) >= 11 is 1.34. The molecule has 0 radical (unpaired) electrons. The van der Waals surface area contributed by atoms with Crippen molar-refractivity contribution in [2.24, 2.45) is 4.99 Å². The summed E-state index contributed by atoms with van der Waals surface area (Å²) < 4.78 is 15.6. The highest BCUT2D eigenvalue weighted by atomic mass is 32.2. The standard InChI is InChI=1S/C16H18N2O5S/c1-21-11-7-10(8-12(22-2)14(11)19)9-13-15(20)17-16(24-13)18-3-5-23-6-4-18/h7-9,19H,3-6H2,1-2H3/b13-9-. The zero-order valence-electron chi connectivity index (χ0n) is 13.4. The Morgan fingerprint density at radius 1 is 1.25 bits per heavy atom. The highest BCUT2D eigenvalue weighted by Gasteiger charge is 2.27. The van der Waals surface area contributed by atoms with Crippen LogP contribution in [-0.4, -0.2) is 61.6 Å². The molecule has 128 valence electrons. The molecular formula is C16H18N2O5S. The van der Waals surface area contributed by atoms with Crippen LogP contribution in [0.15, 0.2) is 22.0 Å². The minimum absolute atomic E-state index is 0.0715. The number of aromatic hydroxyl groups is 1. The van der Waals surface area contributed by atoms with Gasteiger partial charge in [0.05, 0.1) is 32.3 Å². The van der Waals surface area contributed by atoms with Gasteiger partial charge >= 0.3 is 0 Å². The smallest absolute Gasteiger partial charge is 0.286 e. The Bertz CT molecular complexity index is 685. The fraction of sp³-hybridized carbons (Fsp3) is 0.375. The second kappa shape index (κ2) is 7.14. The number of morpholine rings is 1. The number of hydrogen-bond acceptors (Lipinski definition) is 7. The molecule has 0 atom stereocenters. The molecule has 2 aliphatic heterocycles. The summed E-state index contributed by atoms with van der Waals surface area (Å²) in [6.07, 6.45) is 1.72. The number of nitrogens with zero attached hydrogens (tertiary/aromatic N) is 2. The number of rotatable bonds is 3. The lowest BCUT2D eigenvalue weighted by molar-refractivity contribution is -0.113. The Morgan fingerprint density at radius 2 is 1.88 bits per heavy atom. The molecule has 1 aromatic carbocycles. The van der Waals surface area contributed by atoms with Gasteiger partial charge in [-0.15, -0.1) is 0 Å². The van der Waals surface area contributed by atoms with Crippen molar-refractivity contribution >= 4 is 28.9 Å². The van der Waals surface area contributed by atoms with Crippen LogP contribution < -0.4 is 9.47 Å². The first kappa shape index (κ1) is 16.7. The summed E-state index contributed by atoms with van der Waals surface area (Å²) in [4.78, 5) is 18.9.